The summed E-state index contributed by atoms with van der Waals surface area (Å²) < 4.78 is 0. The Kier molecular flexibility index (Phi) is 4.85. The minimum absolute atomic E-state index is 0.329. The van der Waals surface area contributed by atoms with E-state index in [4.69, 9.17) is 16.7 Å². The van der Waals surface area contributed by atoms with E-state index in [9.17, 15) is 9.59 Å². The number of carbonyl (C=O) groups is 2. The van der Waals surface area contributed by atoms with Gasteiger partial charge < -0.3 is 15.4 Å². The number of halogens is 1. The fourth-order valence-electron chi connectivity index (χ4n) is 2.12. The first kappa shape index (κ1) is 15.4. The van der Waals surface area contributed by atoms with E-state index in [1.54, 1.807) is 24.3 Å². The molecule has 1 heterocycles. The van der Waals surface area contributed by atoms with Crippen LogP contribution in [0.15, 0.2) is 24.3 Å². The second kappa shape index (κ2) is 6.63. The molecule has 2 rings (SSSR count). The smallest absolute Gasteiger partial charge is 0.326 e. The highest BCUT2D eigenvalue weighted by molar-refractivity contribution is 6.31. The van der Waals surface area contributed by atoms with Crippen LogP contribution in [-0.4, -0.2) is 28.0 Å². The molecular formula is C15H17ClN2O3. The van der Waals surface area contributed by atoms with Crippen LogP contribution in [-0.2, 0) is 4.79 Å². The van der Waals surface area contributed by atoms with Crippen molar-refractivity contribution in [1.29, 1.82) is 0 Å². The number of rotatable bonds is 6. The number of aromatic nitrogens is 1. The lowest BCUT2D eigenvalue weighted by atomic mass is 10.1. The minimum Gasteiger partial charge on any atom is -0.480 e. The van der Waals surface area contributed by atoms with E-state index in [0.29, 0.717) is 17.1 Å². The molecule has 1 aromatic carbocycles. The van der Waals surface area contributed by atoms with Crippen LogP contribution in [0.2, 0.25) is 5.02 Å². The van der Waals surface area contributed by atoms with E-state index in [-0.39, 0.29) is 0 Å². The summed E-state index contributed by atoms with van der Waals surface area (Å²) in [5.41, 5.74) is 1.07. The number of carbonyl (C=O) groups excluding carboxylic acids is 1. The molecule has 1 aromatic heterocycles. The summed E-state index contributed by atoms with van der Waals surface area (Å²) in [6.07, 6.45) is 2.05. The van der Waals surface area contributed by atoms with Gasteiger partial charge in [-0.05, 0) is 24.6 Å². The summed E-state index contributed by atoms with van der Waals surface area (Å²) in [6, 6.07) is 6.07. The van der Waals surface area contributed by atoms with Crippen molar-refractivity contribution in [2.24, 2.45) is 0 Å². The molecule has 6 heteroatoms. The van der Waals surface area contributed by atoms with Gasteiger partial charge in [0.1, 0.15) is 11.7 Å². The highest BCUT2D eigenvalue weighted by atomic mass is 35.5. The lowest BCUT2D eigenvalue weighted by Gasteiger charge is -2.13. The normalized spacial score (nSPS) is 12.3. The number of benzene rings is 1. The van der Waals surface area contributed by atoms with Crippen LogP contribution in [0.25, 0.3) is 10.9 Å². The molecule has 1 atom stereocenters. The molecule has 0 bridgehead atoms. The fourth-order valence-corrected chi connectivity index (χ4v) is 2.30. The number of nitrogens with one attached hydrogen (secondary N) is 2. The van der Waals surface area contributed by atoms with Gasteiger partial charge in [0.2, 0.25) is 0 Å². The third kappa shape index (κ3) is 3.76. The van der Waals surface area contributed by atoms with E-state index < -0.39 is 17.9 Å². The Morgan fingerprint density at radius 1 is 1.38 bits per heavy atom. The molecule has 5 nitrogen and oxygen atoms in total. The van der Waals surface area contributed by atoms with Crippen molar-refractivity contribution in [3.05, 3.63) is 35.0 Å². The molecule has 0 aliphatic carbocycles. The molecule has 21 heavy (non-hydrogen) atoms. The number of fused-ring (bicyclic) bond motifs is 1. The van der Waals surface area contributed by atoms with Crippen LogP contribution in [0.4, 0.5) is 0 Å². The number of amides is 1. The molecule has 0 aliphatic heterocycles. The number of aromatic amines is 1. The summed E-state index contributed by atoms with van der Waals surface area (Å²) in [5.74, 6) is -1.44. The van der Waals surface area contributed by atoms with Gasteiger partial charge in [-0.2, -0.15) is 0 Å². The molecule has 0 saturated heterocycles. The Labute approximate surface area is 127 Å². The summed E-state index contributed by atoms with van der Waals surface area (Å²) in [4.78, 5) is 26.2. The molecule has 1 amide bonds. The van der Waals surface area contributed by atoms with Gasteiger partial charge in [-0.25, -0.2) is 4.79 Å². The van der Waals surface area contributed by atoms with Gasteiger partial charge in [0.15, 0.2) is 0 Å². The van der Waals surface area contributed by atoms with Crippen LogP contribution < -0.4 is 5.32 Å². The Morgan fingerprint density at radius 3 is 2.81 bits per heavy atom. The van der Waals surface area contributed by atoms with Gasteiger partial charge in [-0.15, -0.1) is 0 Å². The predicted octanol–water partition coefficient (Wildman–Crippen LogP) is 3.19. The van der Waals surface area contributed by atoms with E-state index in [1.807, 2.05) is 6.92 Å². The summed E-state index contributed by atoms with van der Waals surface area (Å²) in [7, 11) is 0. The van der Waals surface area contributed by atoms with Crippen molar-refractivity contribution >= 4 is 34.4 Å². The largest absolute Gasteiger partial charge is 0.480 e. The second-order valence-electron chi connectivity index (χ2n) is 4.92. The Balaban J connectivity index is 2.15. The summed E-state index contributed by atoms with van der Waals surface area (Å²) in [5, 5.41) is 13.1. The maximum Gasteiger partial charge on any atom is 0.326 e. The molecule has 1 unspecified atom stereocenters. The number of aliphatic carboxylic acids is 1. The maximum atomic E-state index is 12.1. The maximum absolute atomic E-state index is 12.1. The molecule has 0 spiro atoms. The first-order chi connectivity index (χ1) is 10.0. The first-order valence-corrected chi connectivity index (χ1v) is 7.21. The molecule has 0 aliphatic rings. The number of carboxylic acid groups (broad SMARTS) is 1. The monoisotopic (exact) mass is 308 g/mol. The second-order valence-corrected chi connectivity index (χ2v) is 5.36. The van der Waals surface area contributed by atoms with E-state index >= 15 is 0 Å². The van der Waals surface area contributed by atoms with Crippen LogP contribution in [0.5, 0.6) is 0 Å². The van der Waals surface area contributed by atoms with Crippen LogP contribution in [0.3, 0.4) is 0 Å². The van der Waals surface area contributed by atoms with Gasteiger partial charge in [-0.3, -0.25) is 4.79 Å². The number of unbranched alkanes of at least 4 members (excludes halogenated alkanes) is 1. The zero-order valence-corrected chi connectivity index (χ0v) is 12.4. The van der Waals surface area contributed by atoms with Crippen molar-refractivity contribution < 1.29 is 14.7 Å². The standard InChI is InChI=1S/C15H17ClN2O3/c1-2-3-4-11(15(20)21)18-14(19)13-7-9-5-6-10(16)8-12(9)17-13/h5-8,11,17H,2-4H2,1H3,(H,18,19)(H,20,21). The predicted molar refractivity (Wildman–Crippen MR) is 81.7 cm³/mol. The van der Waals surface area contributed by atoms with Crippen LogP contribution in [0.1, 0.15) is 36.7 Å². The molecule has 3 N–H and O–H groups in total. The van der Waals surface area contributed by atoms with E-state index in [0.717, 1.165) is 23.7 Å². The SMILES string of the molecule is CCCCC(NC(=O)c1cc2ccc(Cl)cc2[nH]1)C(=O)O. The molecule has 0 fully saturated rings. The topological polar surface area (TPSA) is 82.2 Å². The Hall–Kier alpha value is -2.01. The molecule has 112 valence electrons. The zero-order chi connectivity index (χ0) is 15.4. The Bertz CT molecular complexity index is 666. The van der Waals surface area contributed by atoms with Gasteiger partial charge >= 0.3 is 5.97 Å². The van der Waals surface area contributed by atoms with Crippen LogP contribution >= 0.6 is 11.6 Å². The Morgan fingerprint density at radius 2 is 2.14 bits per heavy atom. The molecule has 2 aromatic rings. The number of hydrogen-bond donors (Lipinski definition) is 3. The van der Waals surface area contributed by atoms with Crippen molar-refractivity contribution in [3.63, 3.8) is 0 Å². The third-order valence-electron chi connectivity index (χ3n) is 3.28. The lowest BCUT2D eigenvalue weighted by molar-refractivity contribution is -0.139. The zero-order valence-electron chi connectivity index (χ0n) is 11.6. The number of hydrogen-bond acceptors (Lipinski definition) is 2. The van der Waals surface area contributed by atoms with Gasteiger partial charge in [0.25, 0.3) is 5.91 Å². The first-order valence-electron chi connectivity index (χ1n) is 6.83. The summed E-state index contributed by atoms with van der Waals surface area (Å²) in [6.45, 7) is 1.97. The lowest BCUT2D eigenvalue weighted by Crippen LogP contribution is -2.40. The van der Waals surface area contributed by atoms with Crippen molar-refractivity contribution in [2.45, 2.75) is 32.2 Å². The van der Waals surface area contributed by atoms with E-state index in [1.165, 1.54) is 0 Å². The molecule has 0 saturated carbocycles. The average molecular weight is 309 g/mol. The molecule has 0 radical (unpaired) electrons. The average Bonchev–Trinajstić information content (AvgIpc) is 2.85. The fraction of sp³-hybridized carbons (Fsp3) is 0.333. The van der Waals surface area contributed by atoms with E-state index in [2.05, 4.69) is 10.3 Å². The third-order valence-corrected chi connectivity index (χ3v) is 3.51. The van der Waals surface area contributed by atoms with Crippen molar-refractivity contribution in [2.75, 3.05) is 0 Å². The van der Waals surface area contributed by atoms with Crippen LogP contribution in [0, 0.1) is 0 Å². The minimum atomic E-state index is -1.02. The van der Waals surface area contributed by atoms with Crippen molar-refractivity contribution in [3.8, 4) is 0 Å². The highest BCUT2D eigenvalue weighted by Crippen LogP contribution is 2.20. The van der Waals surface area contributed by atoms with Gasteiger partial charge in [0.05, 0.1) is 0 Å². The highest BCUT2D eigenvalue weighted by Gasteiger charge is 2.20. The van der Waals surface area contributed by atoms with Gasteiger partial charge in [0, 0.05) is 15.9 Å². The quantitative estimate of drug-likeness (QED) is 0.766. The molecular weight excluding hydrogens is 292 g/mol. The summed E-state index contributed by atoms with van der Waals surface area (Å²) >= 11 is 5.89. The van der Waals surface area contributed by atoms with Gasteiger partial charge in [-0.1, -0.05) is 37.4 Å². The number of H-pyrrole nitrogens is 1. The number of carboxylic acids is 1. The van der Waals surface area contributed by atoms with Crippen molar-refractivity contribution in [1.82, 2.24) is 10.3 Å².